The fourth-order valence-electron chi connectivity index (χ4n) is 4.30. The number of hydrogen-bond acceptors (Lipinski definition) is 4. The molecule has 0 saturated heterocycles. The molecule has 1 aromatic heterocycles. The number of anilines is 1. The van der Waals surface area contributed by atoms with Crippen molar-refractivity contribution in [3.63, 3.8) is 0 Å². The van der Waals surface area contributed by atoms with Crippen molar-refractivity contribution in [1.82, 2.24) is 15.3 Å². The Labute approximate surface area is 134 Å². The third-order valence-electron chi connectivity index (χ3n) is 5.66. The van der Waals surface area contributed by atoms with Crippen LogP contribution < -0.4 is 10.2 Å². The van der Waals surface area contributed by atoms with Gasteiger partial charge in [-0.25, -0.2) is 9.97 Å². The van der Waals surface area contributed by atoms with Crippen LogP contribution >= 0.6 is 0 Å². The molecule has 1 aliphatic carbocycles. The minimum absolute atomic E-state index is 0.120. The van der Waals surface area contributed by atoms with E-state index in [1.54, 1.807) is 12.5 Å². The molecule has 1 fully saturated rings. The SMILES string of the molecule is O=C(C1NCc2ncncc21)N1CC2(CCC2)c2ccccc21. The Kier molecular flexibility index (Phi) is 2.65. The number of carbonyl (C=O) groups is 1. The van der Waals surface area contributed by atoms with Crippen LogP contribution in [0.4, 0.5) is 5.69 Å². The molecule has 1 aromatic carbocycles. The van der Waals surface area contributed by atoms with E-state index in [4.69, 9.17) is 0 Å². The lowest BCUT2D eigenvalue weighted by Crippen LogP contribution is -2.44. The van der Waals surface area contributed by atoms with Gasteiger partial charge in [0.05, 0.1) is 5.69 Å². The Bertz CT molecular complexity index is 799. The van der Waals surface area contributed by atoms with Gasteiger partial charge in [-0.1, -0.05) is 24.6 Å². The fraction of sp³-hybridized carbons (Fsp3) is 0.389. The van der Waals surface area contributed by atoms with E-state index in [0.717, 1.165) is 23.5 Å². The molecule has 1 spiro atoms. The topological polar surface area (TPSA) is 58.1 Å². The first-order valence-corrected chi connectivity index (χ1v) is 8.22. The van der Waals surface area contributed by atoms with E-state index in [9.17, 15) is 4.79 Å². The van der Waals surface area contributed by atoms with Crippen molar-refractivity contribution < 1.29 is 4.79 Å². The van der Waals surface area contributed by atoms with E-state index < -0.39 is 0 Å². The molecule has 2 aromatic rings. The summed E-state index contributed by atoms with van der Waals surface area (Å²) < 4.78 is 0. The quantitative estimate of drug-likeness (QED) is 0.876. The summed E-state index contributed by atoms with van der Waals surface area (Å²) in [6, 6.07) is 8.06. The number of amides is 1. The summed E-state index contributed by atoms with van der Waals surface area (Å²) in [6.07, 6.45) is 6.94. The zero-order chi connectivity index (χ0) is 15.4. The van der Waals surface area contributed by atoms with Gasteiger partial charge in [-0.15, -0.1) is 0 Å². The first kappa shape index (κ1) is 13.2. The second kappa shape index (κ2) is 4.61. The van der Waals surface area contributed by atoms with Gasteiger partial charge in [0.2, 0.25) is 5.91 Å². The van der Waals surface area contributed by atoms with Crippen molar-refractivity contribution in [3.8, 4) is 0 Å². The van der Waals surface area contributed by atoms with Crippen LogP contribution in [0.3, 0.4) is 0 Å². The highest BCUT2D eigenvalue weighted by atomic mass is 16.2. The van der Waals surface area contributed by atoms with E-state index in [1.165, 1.54) is 24.8 Å². The van der Waals surface area contributed by atoms with Crippen molar-refractivity contribution in [1.29, 1.82) is 0 Å². The number of nitrogens with zero attached hydrogens (tertiary/aromatic N) is 3. The molecule has 5 heteroatoms. The molecular formula is C18H18N4O. The maximum absolute atomic E-state index is 13.2. The lowest BCUT2D eigenvalue weighted by atomic mass is 9.66. The Hall–Kier alpha value is -2.27. The summed E-state index contributed by atoms with van der Waals surface area (Å²) in [6.45, 7) is 1.45. The van der Waals surface area contributed by atoms with Crippen LogP contribution in [0.2, 0.25) is 0 Å². The van der Waals surface area contributed by atoms with Gasteiger partial charge in [0.1, 0.15) is 12.4 Å². The van der Waals surface area contributed by atoms with Crippen LogP contribution in [0.1, 0.15) is 42.1 Å². The highest BCUT2D eigenvalue weighted by Crippen LogP contribution is 2.52. The highest BCUT2D eigenvalue weighted by Gasteiger charge is 2.49. The molecule has 116 valence electrons. The minimum Gasteiger partial charge on any atom is -0.310 e. The molecule has 3 aliphatic rings. The predicted molar refractivity (Wildman–Crippen MR) is 85.9 cm³/mol. The fourth-order valence-corrected chi connectivity index (χ4v) is 4.30. The van der Waals surface area contributed by atoms with Crippen LogP contribution in [0, 0.1) is 0 Å². The lowest BCUT2D eigenvalue weighted by molar-refractivity contribution is -0.120. The zero-order valence-corrected chi connectivity index (χ0v) is 12.8. The van der Waals surface area contributed by atoms with Gasteiger partial charge >= 0.3 is 0 Å². The van der Waals surface area contributed by atoms with Gasteiger partial charge in [0.25, 0.3) is 0 Å². The summed E-state index contributed by atoms with van der Waals surface area (Å²) >= 11 is 0. The van der Waals surface area contributed by atoms with Crippen molar-refractivity contribution in [3.05, 3.63) is 53.6 Å². The summed E-state index contributed by atoms with van der Waals surface area (Å²) in [5.74, 6) is 0.120. The number of benzene rings is 1. The second-order valence-corrected chi connectivity index (χ2v) is 6.81. The van der Waals surface area contributed by atoms with Crippen molar-refractivity contribution in [2.24, 2.45) is 0 Å². The van der Waals surface area contributed by atoms with Gasteiger partial charge in [0.15, 0.2) is 0 Å². The smallest absolute Gasteiger partial charge is 0.248 e. The average molecular weight is 306 g/mol. The molecule has 1 saturated carbocycles. The van der Waals surface area contributed by atoms with Gasteiger partial charge in [-0.05, 0) is 24.5 Å². The average Bonchev–Trinajstić information content (AvgIpc) is 3.13. The van der Waals surface area contributed by atoms with Crippen LogP contribution in [0.15, 0.2) is 36.8 Å². The highest BCUT2D eigenvalue weighted by molar-refractivity contribution is 6.00. The first-order valence-electron chi connectivity index (χ1n) is 8.22. The second-order valence-electron chi connectivity index (χ2n) is 6.81. The van der Waals surface area contributed by atoms with Gasteiger partial charge in [-0.2, -0.15) is 0 Å². The van der Waals surface area contributed by atoms with Crippen LogP contribution in [-0.4, -0.2) is 22.4 Å². The number of rotatable bonds is 1. The number of para-hydroxylation sites is 1. The summed E-state index contributed by atoms with van der Waals surface area (Å²) in [5.41, 5.74) is 4.49. The maximum atomic E-state index is 13.2. The first-order chi connectivity index (χ1) is 11.3. The molecule has 3 heterocycles. The number of hydrogen-bond donors (Lipinski definition) is 1. The number of nitrogens with one attached hydrogen (secondary N) is 1. The van der Waals surface area contributed by atoms with Crippen LogP contribution in [0.25, 0.3) is 0 Å². The van der Waals surface area contributed by atoms with E-state index in [1.807, 2.05) is 11.0 Å². The summed E-state index contributed by atoms with van der Waals surface area (Å²) in [5, 5.41) is 3.30. The molecule has 1 amide bonds. The van der Waals surface area contributed by atoms with E-state index in [-0.39, 0.29) is 17.4 Å². The molecule has 0 bridgehead atoms. The molecule has 1 unspecified atom stereocenters. The number of fused-ring (bicyclic) bond motifs is 3. The molecule has 1 atom stereocenters. The maximum Gasteiger partial charge on any atom is 0.248 e. The Morgan fingerprint density at radius 3 is 3.00 bits per heavy atom. The van der Waals surface area contributed by atoms with Gasteiger partial charge in [0, 0.05) is 36.0 Å². The lowest BCUT2D eigenvalue weighted by Gasteiger charge is -2.39. The minimum atomic E-state index is -0.325. The third kappa shape index (κ3) is 1.74. The number of aromatic nitrogens is 2. The Morgan fingerprint density at radius 1 is 1.30 bits per heavy atom. The van der Waals surface area contributed by atoms with Gasteiger partial charge < -0.3 is 4.90 Å². The molecule has 0 radical (unpaired) electrons. The van der Waals surface area contributed by atoms with E-state index >= 15 is 0 Å². The number of carbonyl (C=O) groups excluding carboxylic acids is 1. The normalized spacial score (nSPS) is 23.5. The molecular weight excluding hydrogens is 288 g/mol. The zero-order valence-electron chi connectivity index (χ0n) is 12.8. The van der Waals surface area contributed by atoms with Gasteiger partial charge in [-0.3, -0.25) is 10.1 Å². The molecule has 1 N–H and O–H groups in total. The van der Waals surface area contributed by atoms with Crippen molar-refractivity contribution >= 4 is 11.6 Å². The molecule has 5 rings (SSSR count). The Balaban J connectivity index is 1.53. The Morgan fingerprint density at radius 2 is 2.17 bits per heavy atom. The van der Waals surface area contributed by atoms with Crippen LogP contribution in [-0.2, 0) is 16.8 Å². The standard InChI is InChI=1S/C18H18N4O/c23-17(16-12-8-19-11-21-14(12)9-20-16)22-10-18(6-3-7-18)13-4-1-2-5-15(13)22/h1-2,4-5,8,11,16,20H,3,6-7,9-10H2. The third-order valence-corrected chi connectivity index (χ3v) is 5.66. The largest absolute Gasteiger partial charge is 0.310 e. The predicted octanol–water partition coefficient (Wildman–Crippen LogP) is 2.09. The summed E-state index contributed by atoms with van der Waals surface area (Å²) in [4.78, 5) is 23.6. The monoisotopic (exact) mass is 306 g/mol. The van der Waals surface area contributed by atoms with Crippen molar-refractivity contribution in [2.75, 3.05) is 11.4 Å². The molecule has 5 nitrogen and oxygen atoms in total. The summed E-state index contributed by atoms with van der Waals surface area (Å²) in [7, 11) is 0. The molecule has 23 heavy (non-hydrogen) atoms. The van der Waals surface area contributed by atoms with Crippen LogP contribution in [0.5, 0.6) is 0 Å². The van der Waals surface area contributed by atoms with Crippen molar-refractivity contribution in [2.45, 2.75) is 37.3 Å². The van der Waals surface area contributed by atoms with E-state index in [0.29, 0.717) is 6.54 Å². The van der Waals surface area contributed by atoms with E-state index in [2.05, 4.69) is 33.5 Å². The molecule has 2 aliphatic heterocycles.